The molecule has 0 spiro atoms. The van der Waals surface area contributed by atoms with Crippen molar-refractivity contribution in [3.63, 3.8) is 0 Å². The third-order valence-electron chi connectivity index (χ3n) is 5.99. The first-order valence-corrected chi connectivity index (χ1v) is 13.8. The van der Waals surface area contributed by atoms with E-state index in [1.807, 2.05) is 0 Å². The molecule has 11 heteroatoms. The number of hydrogen-bond acceptors (Lipinski definition) is 6. The molecule has 0 aliphatic carbocycles. The van der Waals surface area contributed by atoms with Crippen molar-refractivity contribution >= 4 is 44.8 Å². The molecule has 1 aliphatic rings. The largest absolute Gasteiger partial charge is 0.497 e. The van der Waals surface area contributed by atoms with Crippen LogP contribution >= 0.6 is 11.6 Å². The molecule has 2 amide bonds. The summed E-state index contributed by atoms with van der Waals surface area (Å²) in [6.07, 6.45) is 1.80. The van der Waals surface area contributed by atoms with Gasteiger partial charge in [-0.25, -0.2) is 8.42 Å². The van der Waals surface area contributed by atoms with Crippen LogP contribution in [-0.2, 0) is 19.6 Å². The van der Waals surface area contributed by atoms with E-state index in [0.717, 1.165) is 17.1 Å². The number of methoxy groups -OCH3 is 1. The number of ether oxygens (including phenoxy) is 2. The van der Waals surface area contributed by atoms with Gasteiger partial charge in [0.15, 0.2) is 0 Å². The fourth-order valence-electron chi connectivity index (χ4n) is 4.04. The number of halogens is 1. The Morgan fingerprint density at radius 2 is 1.84 bits per heavy atom. The topological polar surface area (TPSA) is 114 Å². The van der Waals surface area contributed by atoms with Crippen LogP contribution in [0.2, 0.25) is 5.02 Å². The van der Waals surface area contributed by atoms with E-state index in [4.69, 9.17) is 21.1 Å². The Kier molecular flexibility index (Phi) is 8.88. The summed E-state index contributed by atoms with van der Waals surface area (Å²) in [6, 6.07) is 18.6. The van der Waals surface area contributed by atoms with E-state index >= 15 is 0 Å². The molecule has 0 aromatic heterocycles. The first kappa shape index (κ1) is 27.4. The van der Waals surface area contributed by atoms with Gasteiger partial charge in [0.05, 0.1) is 35.0 Å². The van der Waals surface area contributed by atoms with Gasteiger partial charge in [-0.2, -0.15) is 0 Å². The van der Waals surface area contributed by atoms with Crippen molar-refractivity contribution in [2.45, 2.75) is 23.8 Å². The molecule has 9 nitrogen and oxygen atoms in total. The Balaban J connectivity index is 1.56. The molecule has 1 aliphatic heterocycles. The number of rotatable bonds is 10. The molecule has 1 atom stereocenters. The third kappa shape index (κ3) is 6.63. The van der Waals surface area contributed by atoms with Gasteiger partial charge in [0, 0.05) is 18.2 Å². The molecule has 1 fully saturated rings. The highest BCUT2D eigenvalue weighted by molar-refractivity contribution is 7.92. The van der Waals surface area contributed by atoms with Crippen LogP contribution in [0.5, 0.6) is 5.75 Å². The normalized spacial score (nSPS) is 15.1. The number of benzene rings is 3. The van der Waals surface area contributed by atoms with E-state index in [2.05, 4.69) is 10.6 Å². The highest BCUT2D eigenvalue weighted by atomic mass is 35.5. The highest BCUT2D eigenvalue weighted by Gasteiger charge is 2.28. The fourth-order valence-corrected chi connectivity index (χ4v) is 5.64. The van der Waals surface area contributed by atoms with Gasteiger partial charge < -0.3 is 20.1 Å². The lowest BCUT2D eigenvalue weighted by Gasteiger charge is -2.24. The lowest BCUT2D eigenvalue weighted by molar-refractivity contribution is -0.114. The van der Waals surface area contributed by atoms with Crippen molar-refractivity contribution in [3.05, 3.63) is 83.4 Å². The van der Waals surface area contributed by atoms with Gasteiger partial charge in [0.2, 0.25) is 5.91 Å². The fraction of sp³-hybridized carbons (Fsp3) is 0.259. The first-order chi connectivity index (χ1) is 18.3. The zero-order chi connectivity index (χ0) is 27.1. The number of para-hydroxylation sites is 1. The Morgan fingerprint density at radius 3 is 2.53 bits per heavy atom. The summed E-state index contributed by atoms with van der Waals surface area (Å²) >= 11 is 6.13. The van der Waals surface area contributed by atoms with Gasteiger partial charge in [-0.15, -0.1) is 0 Å². The summed E-state index contributed by atoms with van der Waals surface area (Å²) < 4.78 is 38.8. The highest BCUT2D eigenvalue weighted by Crippen LogP contribution is 2.27. The summed E-state index contributed by atoms with van der Waals surface area (Å²) in [5.74, 6) is -0.513. The van der Waals surface area contributed by atoms with Crippen LogP contribution in [0.4, 0.5) is 11.4 Å². The molecule has 0 radical (unpaired) electrons. The number of hydrogen-bond donors (Lipinski definition) is 2. The molecule has 0 unspecified atom stereocenters. The smallest absolute Gasteiger partial charge is 0.264 e. The van der Waals surface area contributed by atoms with E-state index < -0.39 is 22.5 Å². The number of carbonyl (C=O) groups excluding carboxylic acids is 2. The van der Waals surface area contributed by atoms with Gasteiger partial charge >= 0.3 is 0 Å². The lowest BCUT2D eigenvalue weighted by atomic mass is 10.1. The Morgan fingerprint density at radius 1 is 1.08 bits per heavy atom. The molecule has 1 saturated heterocycles. The van der Waals surface area contributed by atoms with Crippen molar-refractivity contribution in [1.29, 1.82) is 0 Å². The zero-order valence-electron chi connectivity index (χ0n) is 20.7. The van der Waals surface area contributed by atoms with Gasteiger partial charge in [-0.05, 0) is 67.4 Å². The molecular formula is C27H28ClN3O6S. The van der Waals surface area contributed by atoms with Crippen molar-refractivity contribution in [2.24, 2.45) is 0 Å². The van der Waals surface area contributed by atoms with E-state index in [0.29, 0.717) is 23.9 Å². The molecule has 0 bridgehead atoms. The molecule has 200 valence electrons. The first-order valence-electron chi connectivity index (χ1n) is 12.0. The van der Waals surface area contributed by atoms with Crippen LogP contribution in [0.25, 0.3) is 0 Å². The van der Waals surface area contributed by atoms with Crippen LogP contribution in [-0.4, -0.2) is 53.1 Å². The van der Waals surface area contributed by atoms with Crippen LogP contribution in [0.15, 0.2) is 77.7 Å². The minimum absolute atomic E-state index is 0.0278. The molecule has 4 rings (SSSR count). The average Bonchev–Trinajstić information content (AvgIpc) is 3.44. The molecular weight excluding hydrogens is 530 g/mol. The lowest BCUT2D eigenvalue weighted by Crippen LogP contribution is -2.38. The molecule has 1 heterocycles. The van der Waals surface area contributed by atoms with Crippen molar-refractivity contribution in [3.8, 4) is 5.75 Å². The molecule has 38 heavy (non-hydrogen) atoms. The van der Waals surface area contributed by atoms with E-state index in [9.17, 15) is 18.0 Å². The summed E-state index contributed by atoms with van der Waals surface area (Å²) in [5.41, 5.74) is 0.729. The minimum Gasteiger partial charge on any atom is -0.497 e. The number of nitrogens with one attached hydrogen (secondary N) is 2. The second kappa shape index (κ2) is 12.3. The van der Waals surface area contributed by atoms with Crippen molar-refractivity contribution in [2.75, 3.05) is 36.4 Å². The minimum atomic E-state index is -4.16. The Hall–Kier alpha value is -3.60. The van der Waals surface area contributed by atoms with Gasteiger partial charge in [-0.3, -0.25) is 13.9 Å². The van der Waals surface area contributed by atoms with Gasteiger partial charge in [0.1, 0.15) is 12.3 Å². The number of sulfonamides is 1. The number of amides is 2. The van der Waals surface area contributed by atoms with Crippen molar-refractivity contribution in [1.82, 2.24) is 5.32 Å². The van der Waals surface area contributed by atoms with E-state index in [1.54, 1.807) is 42.5 Å². The standard InChI is InChI=1S/C27H28ClN3O6S/c1-36-21-11-13-23(14-12-21)38(34,35)31(20-7-4-6-19(28)16-20)18-26(32)30-25-10-3-2-9-24(25)27(33)29-17-22-8-5-15-37-22/h2-4,6-7,9-14,16,22H,5,8,15,17-18H2,1H3,(H,29,33)(H,30,32)/t22-/m1/s1. The Labute approximate surface area is 226 Å². The summed E-state index contributed by atoms with van der Waals surface area (Å²) in [6.45, 7) is 0.486. The predicted octanol–water partition coefficient (Wildman–Crippen LogP) is 4.09. The average molecular weight is 558 g/mol. The summed E-state index contributed by atoms with van der Waals surface area (Å²) in [4.78, 5) is 26.0. The van der Waals surface area contributed by atoms with Crippen LogP contribution < -0.4 is 19.7 Å². The molecule has 0 saturated carbocycles. The predicted molar refractivity (Wildman–Crippen MR) is 145 cm³/mol. The second-order valence-electron chi connectivity index (χ2n) is 8.61. The van der Waals surface area contributed by atoms with Crippen molar-refractivity contribution < 1.29 is 27.5 Å². The molecule has 3 aromatic rings. The Bertz CT molecular complexity index is 1390. The second-order valence-corrected chi connectivity index (χ2v) is 10.9. The summed E-state index contributed by atoms with van der Waals surface area (Å²) in [5, 5.41) is 5.83. The number of carbonyl (C=O) groups is 2. The van der Waals surface area contributed by atoms with Crippen LogP contribution in [0.3, 0.4) is 0 Å². The maximum absolute atomic E-state index is 13.6. The number of anilines is 2. The van der Waals surface area contributed by atoms with Crippen LogP contribution in [0, 0.1) is 0 Å². The maximum atomic E-state index is 13.6. The quantitative estimate of drug-likeness (QED) is 0.388. The molecule has 3 aromatic carbocycles. The van der Waals surface area contributed by atoms with E-state index in [-0.39, 0.29) is 33.8 Å². The number of nitrogens with zero attached hydrogens (tertiary/aromatic N) is 1. The van der Waals surface area contributed by atoms with E-state index in [1.165, 1.54) is 37.4 Å². The van der Waals surface area contributed by atoms with Gasteiger partial charge in [-0.1, -0.05) is 29.8 Å². The summed E-state index contributed by atoms with van der Waals surface area (Å²) in [7, 11) is -2.68. The maximum Gasteiger partial charge on any atom is 0.264 e. The molecule has 2 N–H and O–H groups in total. The monoisotopic (exact) mass is 557 g/mol. The SMILES string of the molecule is COc1ccc(S(=O)(=O)N(CC(=O)Nc2ccccc2C(=O)NC[C@H]2CCCO2)c2cccc(Cl)c2)cc1. The van der Waals surface area contributed by atoms with Crippen LogP contribution in [0.1, 0.15) is 23.2 Å². The third-order valence-corrected chi connectivity index (χ3v) is 8.01. The zero-order valence-corrected chi connectivity index (χ0v) is 22.3. The van der Waals surface area contributed by atoms with Gasteiger partial charge in [0.25, 0.3) is 15.9 Å².